The largest absolute Gasteiger partial charge is 0.338 e. The van der Waals surface area contributed by atoms with Crippen LogP contribution in [0.5, 0.6) is 0 Å². The van der Waals surface area contributed by atoms with E-state index >= 15 is 0 Å². The third-order valence-electron chi connectivity index (χ3n) is 3.73. The molecule has 2 aliphatic rings. The molecule has 0 aromatic heterocycles. The van der Waals surface area contributed by atoms with Crippen molar-refractivity contribution < 1.29 is 9.18 Å². The first-order valence-electron chi connectivity index (χ1n) is 5.89. The Hall–Kier alpha value is -1.11. The van der Waals surface area contributed by atoms with Crippen LogP contribution in [0.3, 0.4) is 0 Å². The minimum Gasteiger partial charge on any atom is -0.338 e. The first-order valence-corrected chi connectivity index (χ1v) is 5.89. The molecule has 0 atom stereocenters. The summed E-state index contributed by atoms with van der Waals surface area (Å²) in [6.45, 7) is 1.60. The summed E-state index contributed by atoms with van der Waals surface area (Å²) in [5.74, 6) is -0.163. The van der Waals surface area contributed by atoms with Crippen LogP contribution in [-0.4, -0.2) is 17.1 Å². The molecular formula is C12H17FN2O. The highest BCUT2D eigenvalue weighted by atomic mass is 19.1. The highest BCUT2D eigenvalue weighted by Crippen LogP contribution is 2.38. The number of carbonyl (C=O) groups is 1. The fourth-order valence-corrected chi connectivity index (χ4v) is 2.21. The van der Waals surface area contributed by atoms with Crippen molar-refractivity contribution >= 4 is 5.91 Å². The van der Waals surface area contributed by atoms with Gasteiger partial charge in [-0.25, -0.2) is 4.39 Å². The zero-order valence-electron chi connectivity index (χ0n) is 9.55. The summed E-state index contributed by atoms with van der Waals surface area (Å²) in [5.41, 5.74) is -1.70. The van der Waals surface area contributed by atoms with E-state index in [4.69, 9.17) is 5.26 Å². The number of halogens is 1. The second-order valence-electron chi connectivity index (χ2n) is 5.37. The van der Waals surface area contributed by atoms with Crippen LogP contribution in [0.2, 0.25) is 0 Å². The molecule has 1 N–H and O–H groups in total. The molecule has 3 nitrogen and oxygen atoms in total. The van der Waals surface area contributed by atoms with E-state index in [1.54, 1.807) is 6.92 Å². The Kier molecular flexibility index (Phi) is 2.65. The van der Waals surface area contributed by atoms with Crippen molar-refractivity contribution in [2.75, 3.05) is 0 Å². The third kappa shape index (κ3) is 2.34. The predicted molar refractivity (Wildman–Crippen MR) is 57.2 cm³/mol. The van der Waals surface area contributed by atoms with Gasteiger partial charge in [-0.2, -0.15) is 5.26 Å². The van der Waals surface area contributed by atoms with Crippen LogP contribution >= 0.6 is 0 Å². The fraction of sp³-hybridized carbons (Fsp3) is 0.833. The summed E-state index contributed by atoms with van der Waals surface area (Å²) in [5, 5.41) is 11.7. The molecule has 2 rings (SSSR count). The molecule has 0 unspecified atom stereocenters. The van der Waals surface area contributed by atoms with Crippen molar-refractivity contribution in [1.29, 1.82) is 5.26 Å². The van der Waals surface area contributed by atoms with E-state index in [1.165, 1.54) is 0 Å². The SMILES string of the molecule is CC1(F)CCC(C(=O)NC2(C#N)CC2)CC1. The summed E-state index contributed by atoms with van der Waals surface area (Å²) in [6, 6.07) is 2.13. The van der Waals surface area contributed by atoms with Crippen molar-refractivity contribution in [3.63, 3.8) is 0 Å². The topological polar surface area (TPSA) is 52.9 Å². The molecule has 0 radical (unpaired) electrons. The van der Waals surface area contributed by atoms with E-state index in [-0.39, 0.29) is 11.8 Å². The zero-order chi connectivity index (χ0) is 11.8. The summed E-state index contributed by atoms with van der Waals surface area (Å²) < 4.78 is 13.5. The molecule has 0 bridgehead atoms. The summed E-state index contributed by atoms with van der Waals surface area (Å²) in [7, 11) is 0. The number of hydrogen-bond donors (Lipinski definition) is 1. The first kappa shape index (κ1) is 11.4. The third-order valence-corrected chi connectivity index (χ3v) is 3.73. The van der Waals surface area contributed by atoms with Crippen LogP contribution in [-0.2, 0) is 4.79 Å². The lowest BCUT2D eigenvalue weighted by Crippen LogP contribution is -2.42. The lowest BCUT2D eigenvalue weighted by Gasteiger charge is -2.30. The van der Waals surface area contributed by atoms with Gasteiger partial charge in [-0.1, -0.05) is 0 Å². The van der Waals surface area contributed by atoms with Gasteiger partial charge in [-0.3, -0.25) is 4.79 Å². The molecule has 4 heteroatoms. The molecule has 2 aliphatic carbocycles. The number of rotatable bonds is 2. The lowest BCUT2D eigenvalue weighted by atomic mass is 9.80. The molecule has 0 aliphatic heterocycles. The van der Waals surface area contributed by atoms with Gasteiger partial charge in [0.2, 0.25) is 5.91 Å². The van der Waals surface area contributed by atoms with Gasteiger partial charge in [-0.05, 0) is 45.4 Å². The average Bonchev–Trinajstić information content (AvgIpc) is 2.98. The fourth-order valence-electron chi connectivity index (χ4n) is 2.21. The molecule has 0 spiro atoms. The minimum atomic E-state index is -1.11. The van der Waals surface area contributed by atoms with Gasteiger partial charge in [-0.15, -0.1) is 0 Å². The van der Waals surface area contributed by atoms with Crippen molar-refractivity contribution in [1.82, 2.24) is 5.32 Å². The van der Waals surface area contributed by atoms with Crippen LogP contribution in [0.1, 0.15) is 45.4 Å². The Morgan fingerprint density at radius 1 is 1.38 bits per heavy atom. The Morgan fingerprint density at radius 2 is 1.94 bits per heavy atom. The van der Waals surface area contributed by atoms with E-state index in [2.05, 4.69) is 11.4 Å². The van der Waals surface area contributed by atoms with Crippen LogP contribution in [0.25, 0.3) is 0 Å². The summed E-state index contributed by atoms with van der Waals surface area (Å²) in [6.07, 6.45) is 3.60. The van der Waals surface area contributed by atoms with Crippen LogP contribution < -0.4 is 5.32 Å². The number of hydrogen-bond acceptors (Lipinski definition) is 2. The van der Waals surface area contributed by atoms with E-state index in [9.17, 15) is 9.18 Å². The van der Waals surface area contributed by atoms with Gasteiger partial charge >= 0.3 is 0 Å². The number of nitrogens with one attached hydrogen (secondary N) is 1. The molecular weight excluding hydrogens is 207 g/mol. The van der Waals surface area contributed by atoms with E-state index in [0.29, 0.717) is 25.7 Å². The van der Waals surface area contributed by atoms with Crippen LogP contribution in [0.15, 0.2) is 0 Å². The number of nitrogens with zero attached hydrogens (tertiary/aromatic N) is 1. The summed E-state index contributed by atoms with van der Waals surface area (Å²) >= 11 is 0. The molecule has 88 valence electrons. The zero-order valence-corrected chi connectivity index (χ0v) is 9.55. The summed E-state index contributed by atoms with van der Waals surface area (Å²) in [4.78, 5) is 11.8. The molecule has 2 saturated carbocycles. The van der Waals surface area contributed by atoms with E-state index in [0.717, 1.165) is 12.8 Å². The van der Waals surface area contributed by atoms with Crippen molar-refractivity contribution in [2.24, 2.45) is 5.92 Å². The monoisotopic (exact) mass is 224 g/mol. The van der Waals surface area contributed by atoms with E-state index in [1.807, 2.05) is 0 Å². The molecule has 16 heavy (non-hydrogen) atoms. The molecule has 0 aromatic carbocycles. The highest BCUT2D eigenvalue weighted by Gasteiger charge is 2.46. The Labute approximate surface area is 95.0 Å². The number of nitriles is 1. The van der Waals surface area contributed by atoms with Crippen LogP contribution in [0, 0.1) is 17.2 Å². The van der Waals surface area contributed by atoms with Gasteiger partial charge in [0.1, 0.15) is 11.2 Å². The molecule has 1 amide bonds. The molecule has 0 heterocycles. The lowest BCUT2D eigenvalue weighted by molar-refractivity contribution is -0.127. The molecule has 0 aromatic rings. The van der Waals surface area contributed by atoms with Crippen molar-refractivity contribution in [2.45, 2.75) is 56.7 Å². The highest BCUT2D eigenvalue weighted by molar-refractivity contribution is 5.80. The first-order chi connectivity index (χ1) is 7.46. The second-order valence-corrected chi connectivity index (χ2v) is 5.37. The van der Waals surface area contributed by atoms with Gasteiger partial charge < -0.3 is 5.32 Å². The van der Waals surface area contributed by atoms with Crippen molar-refractivity contribution in [3.8, 4) is 6.07 Å². The number of amides is 1. The maximum atomic E-state index is 13.5. The van der Waals surface area contributed by atoms with Gasteiger partial charge in [0, 0.05) is 5.92 Å². The minimum absolute atomic E-state index is 0.0606. The van der Waals surface area contributed by atoms with Crippen LogP contribution in [0.4, 0.5) is 4.39 Å². The number of carbonyl (C=O) groups excluding carboxylic acids is 1. The quantitative estimate of drug-likeness (QED) is 0.780. The van der Waals surface area contributed by atoms with Crippen molar-refractivity contribution in [3.05, 3.63) is 0 Å². The Bertz CT molecular complexity index is 331. The van der Waals surface area contributed by atoms with Gasteiger partial charge in [0.15, 0.2) is 0 Å². The molecule has 0 saturated heterocycles. The van der Waals surface area contributed by atoms with E-state index < -0.39 is 11.2 Å². The predicted octanol–water partition coefficient (Wildman–Crippen LogP) is 2.08. The maximum absolute atomic E-state index is 13.5. The Morgan fingerprint density at radius 3 is 2.38 bits per heavy atom. The maximum Gasteiger partial charge on any atom is 0.224 e. The number of alkyl halides is 1. The standard InChI is InChI=1S/C12H17FN2O/c1-11(13)4-2-9(3-5-11)10(16)15-12(8-14)6-7-12/h9H,2-7H2,1H3,(H,15,16). The van der Waals surface area contributed by atoms with Gasteiger partial charge in [0.25, 0.3) is 0 Å². The molecule has 2 fully saturated rings. The smallest absolute Gasteiger partial charge is 0.224 e. The normalized spacial score (nSPS) is 36.2. The van der Waals surface area contributed by atoms with Gasteiger partial charge in [0.05, 0.1) is 6.07 Å². The Balaban J connectivity index is 1.86. The average molecular weight is 224 g/mol. The second kappa shape index (κ2) is 3.73.